The van der Waals surface area contributed by atoms with Gasteiger partial charge in [-0.2, -0.15) is 0 Å². The van der Waals surface area contributed by atoms with E-state index in [4.69, 9.17) is 5.73 Å². The lowest BCUT2D eigenvalue weighted by Crippen LogP contribution is -2.26. The Labute approximate surface area is 75.2 Å². The van der Waals surface area contributed by atoms with Gasteiger partial charge >= 0.3 is 0 Å². The molecule has 0 radical (unpaired) electrons. The Balaban J connectivity index is 2.20. The number of hydrogen-bond donors (Lipinski definition) is 2. The third-order valence-electron chi connectivity index (χ3n) is 2.86. The summed E-state index contributed by atoms with van der Waals surface area (Å²) in [5.74, 6) is 0.532. The lowest BCUT2D eigenvalue weighted by Gasteiger charge is -2.27. The van der Waals surface area contributed by atoms with Crippen LogP contribution in [0.4, 0.5) is 0 Å². The molecule has 0 bridgehead atoms. The molecule has 2 heteroatoms. The molecule has 3 unspecified atom stereocenters. The zero-order chi connectivity index (χ0) is 8.97. The summed E-state index contributed by atoms with van der Waals surface area (Å²) in [7, 11) is 0. The van der Waals surface area contributed by atoms with Crippen molar-refractivity contribution in [2.75, 3.05) is 0 Å². The van der Waals surface area contributed by atoms with Crippen LogP contribution in [0.15, 0.2) is 0 Å². The van der Waals surface area contributed by atoms with Gasteiger partial charge in [0.05, 0.1) is 6.10 Å². The van der Waals surface area contributed by atoms with Gasteiger partial charge in [0.2, 0.25) is 0 Å². The monoisotopic (exact) mass is 171 g/mol. The quantitative estimate of drug-likeness (QED) is 0.678. The van der Waals surface area contributed by atoms with Crippen LogP contribution < -0.4 is 5.73 Å². The normalized spacial score (nSPS) is 33.2. The first-order valence-electron chi connectivity index (χ1n) is 5.14. The molecule has 72 valence electrons. The van der Waals surface area contributed by atoms with E-state index in [0.29, 0.717) is 12.0 Å². The third-order valence-corrected chi connectivity index (χ3v) is 2.86. The average Bonchev–Trinajstić information content (AvgIpc) is 2.03. The summed E-state index contributed by atoms with van der Waals surface area (Å²) in [6.07, 6.45) is 6.83. The number of nitrogens with two attached hydrogens (primary N) is 1. The van der Waals surface area contributed by atoms with Crippen molar-refractivity contribution in [1.82, 2.24) is 0 Å². The minimum absolute atomic E-state index is 0.0440. The molecular formula is C10H21NO. The van der Waals surface area contributed by atoms with Crippen molar-refractivity contribution in [3.8, 4) is 0 Å². The molecule has 1 fully saturated rings. The van der Waals surface area contributed by atoms with E-state index in [0.717, 1.165) is 19.3 Å². The molecule has 0 aromatic rings. The third kappa shape index (κ3) is 3.11. The molecule has 1 aliphatic rings. The van der Waals surface area contributed by atoms with Gasteiger partial charge in [-0.25, -0.2) is 0 Å². The highest BCUT2D eigenvalue weighted by Gasteiger charge is 2.22. The fourth-order valence-corrected chi connectivity index (χ4v) is 2.00. The van der Waals surface area contributed by atoms with Crippen LogP contribution in [-0.4, -0.2) is 17.3 Å². The Morgan fingerprint density at radius 3 is 2.67 bits per heavy atom. The maximum atomic E-state index is 9.64. The van der Waals surface area contributed by atoms with E-state index < -0.39 is 0 Å². The molecule has 1 aliphatic carbocycles. The van der Waals surface area contributed by atoms with Gasteiger partial charge in [0.1, 0.15) is 0 Å². The lowest BCUT2D eigenvalue weighted by atomic mass is 9.83. The Morgan fingerprint density at radius 2 is 2.08 bits per heavy atom. The summed E-state index contributed by atoms with van der Waals surface area (Å²) >= 11 is 0. The standard InChI is InChI=1S/C10H21NO/c1-8(11)6-7-9-4-2-3-5-10(9)12/h8-10,12H,2-7,11H2,1H3. The van der Waals surface area contributed by atoms with Gasteiger partial charge in [-0.15, -0.1) is 0 Å². The predicted octanol–water partition coefficient (Wildman–Crippen LogP) is 1.66. The van der Waals surface area contributed by atoms with Gasteiger partial charge in [-0.05, 0) is 38.5 Å². The zero-order valence-electron chi connectivity index (χ0n) is 8.00. The minimum Gasteiger partial charge on any atom is -0.393 e. The molecule has 2 nitrogen and oxygen atoms in total. The molecule has 0 heterocycles. The molecule has 3 atom stereocenters. The fourth-order valence-electron chi connectivity index (χ4n) is 2.00. The summed E-state index contributed by atoms with van der Waals surface area (Å²) in [6.45, 7) is 2.04. The molecule has 1 rings (SSSR count). The summed E-state index contributed by atoms with van der Waals surface area (Å²) in [5, 5.41) is 9.64. The first-order chi connectivity index (χ1) is 5.70. The summed E-state index contributed by atoms with van der Waals surface area (Å²) in [4.78, 5) is 0. The van der Waals surface area contributed by atoms with Crippen molar-refractivity contribution < 1.29 is 5.11 Å². The van der Waals surface area contributed by atoms with E-state index >= 15 is 0 Å². The minimum atomic E-state index is -0.0440. The maximum Gasteiger partial charge on any atom is 0.0568 e. The summed E-state index contributed by atoms with van der Waals surface area (Å²) in [5.41, 5.74) is 5.67. The van der Waals surface area contributed by atoms with E-state index in [1.807, 2.05) is 6.92 Å². The Kier molecular flexibility index (Phi) is 4.02. The van der Waals surface area contributed by atoms with Crippen LogP contribution in [-0.2, 0) is 0 Å². The molecule has 0 aromatic carbocycles. The molecule has 0 aliphatic heterocycles. The highest BCUT2D eigenvalue weighted by molar-refractivity contribution is 4.75. The first kappa shape index (κ1) is 10.0. The molecule has 0 amide bonds. The second kappa shape index (κ2) is 4.83. The van der Waals surface area contributed by atoms with E-state index in [2.05, 4.69) is 0 Å². The number of aliphatic hydroxyl groups excluding tert-OH is 1. The SMILES string of the molecule is CC(N)CCC1CCCCC1O. The zero-order valence-corrected chi connectivity index (χ0v) is 8.00. The number of hydrogen-bond acceptors (Lipinski definition) is 2. The van der Waals surface area contributed by atoms with Gasteiger partial charge in [-0.1, -0.05) is 12.8 Å². The smallest absolute Gasteiger partial charge is 0.0568 e. The Hall–Kier alpha value is -0.0800. The largest absolute Gasteiger partial charge is 0.393 e. The van der Waals surface area contributed by atoms with Crippen molar-refractivity contribution in [1.29, 1.82) is 0 Å². The van der Waals surface area contributed by atoms with E-state index in [-0.39, 0.29) is 6.10 Å². The number of rotatable bonds is 3. The van der Waals surface area contributed by atoms with Crippen LogP contribution in [0.5, 0.6) is 0 Å². The van der Waals surface area contributed by atoms with Crippen LogP contribution in [0.25, 0.3) is 0 Å². The lowest BCUT2D eigenvalue weighted by molar-refractivity contribution is 0.0635. The van der Waals surface area contributed by atoms with E-state index in [1.165, 1.54) is 19.3 Å². The van der Waals surface area contributed by atoms with Crippen LogP contribution in [0.1, 0.15) is 45.4 Å². The van der Waals surface area contributed by atoms with E-state index in [1.54, 1.807) is 0 Å². The van der Waals surface area contributed by atoms with Crippen LogP contribution in [0, 0.1) is 5.92 Å². The van der Waals surface area contributed by atoms with Gasteiger partial charge < -0.3 is 10.8 Å². The fraction of sp³-hybridized carbons (Fsp3) is 1.00. The Bertz CT molecular complexity index is 125. The van der Waals surface area contributed by atoms with Gasteiger partial charge in [0.15, 0.2) is 0 Å². The Morgan fingerprint density at radius 1 is 1.42 bits per heavy atom. The maximum absolute atomic E-state index is 9.64. The molecule has 12 heavy (non-hydrogen) atoms. The highest BCUT2D eigenvalue weighted by Crippen LogP contribution is 2.27. The molecule has 1 saturated carbocycles. The second-order valence-corrected chi connectivity index (χ2v) is 4.17. The molecule has 3 N–H and O–H groups in total. The van der Waals surface area contributed by atoms with E-state index in [9.17, 15) is 5.11 Å². The summed E-state index contributed by atoms with van der Waals surface area (Å²) in [6, 6.07) is 0.291. The first-order valence-corrected chi connectivity index (χ1v) is 5.14. The average molecular weight is 171 g/mol. The van der Waals surface area contributed by atoms with Crippen LogP contribution >= 0.6 is 0 Å². The van der Waals surface area contributed by atoms with Crippen LogP contribution in [0.2, 0.25) is 0 Å². The molecule has 0 aromatic heterocycles. The van der Waals surface area contributed by atoms with Crippen molar-refractivity contribution in [2.45, 2.75) is 57.6 Å². The van der Waals surface area contributed by atoms with Gasteiger partial charge in [0, 0.05) is 6.04 Å². The number of aliphatic hydroxyl groups is 1. The van der Waals surface area contributed by atoms with Gasteiger partial charge in [-0.3, -0.25) is 0 Å². The van der Waals surface area contributed by atoms with Gasteiger partial charge in [0.25, 0.3) is 0 Å². The molecule has 0 saturated heterocycles. The summed E-state index contributed by atoms with van der Waals surface area (Å²) < 4.78 is 0. The predicted molar refractivity (Wildman–Crippen MR) is 50.8 cm³/mol. The van der Waals surface area contributed by atoms with Crippen molar-refractivity contribution in [3.63, 3.8) is 0 Å². The highest BCUT2D eigenvalue weighted by atomic mass is 16.3. The van der Waals surface area contributed by atoms with Crippen LogP contribution in [0.3, 0.4) is 0 Å². The molecule has 0 spiro atoms. The van der Waals surface area contributed by atoms with Crippen molar-refractivity contribution in [2.24, 2.45) is 11.7 Å². The van der Waals surface area contributed by atoms with Crippen molar-refractivity contribution >= 4 is 0 Å². The topological polar surface area (TPSA) is 46.2 Å². The van der Waals surface area contributed by atoms with Crippen molar-refractivity contribution in [3.05, 3.63) is 0 Å². The molecular weight excluding hydrogens is 150 g/mol. The second-order valence-electron chi connectivity index (χ2n) is 4.17.